The summed E-state index contributed by atoms with van der Waals surface area (Å²) in [6.07, 6.45) is 3.01. The van der Waals surface area contributed by atoms with Crippen molar-refractivity contribution in [3.8, 4) is 5.69 Å². The van der Waals surface area contributed by atoms with Crippen molar-refractivity contribution in [2.45, 2.75) is 0 Å². The molecule has 2 N–H and O–H groups in total. The van der Waals surface area contributed by atoms with Crippen LogP contribution in [0, 0.1) is 0 Å². The molecule has 0 bridgehead atoms. The highest BCUT2D eigenvalue weighted by Gasteiger charge is 2.37. The van der Waals surface area contributed by atoms with Crippen LogP contribution in [0.5, 0.6) is 0 Å². The minimum atomic E-state index is -1.08. The monoisotopic (exact) mass is 435 g/mol. The molecule has 0 aliphatic carbocycles. The number of barbiturate groups is 1. The number of aromatic nitrogens is 1. The van der Waals surface area contributed by atoms with Crippen LogP contribution >= 0.6 is 11.6 Å². The lowest BCUT2D eigenvalue weighted by Gasteiger charge is -2.26. The maximum Gasteiger partial charge on any atom is 0.335 e. The summed E-state index contributed by atoms with van der Waals surface area (Å²) in [5.41, 5.74) is 1.03. The summed E-state index contributed by atoms with van der Waals surface area (Å²) in [6.45, 7) is 0. The van der Waals surface area contributed by atoms with E-state index in [-0.39, 0.29) is 16.8 Å². The molecule has 31 heavy (non-hydrogen) atoms. The van der Waals surface area contributed by atoms with Crippen molar-refractivity contribution in [2.75, 3.05) is 4.90 Å². The number of hydrogen-bond donors (Lipinski definition) is 2. The summed E-state index contributed by atoms with van der Waals surface area (Å²) in [4.78, 5) is 49.8. The van der Waals surface area contributed by atoms with Gasteiger partial charge in [-0.1, -0.05) is 23.7 Å². The standard InChI is InChI=1S/C22H14ClN3O5/c23-14-5-2-7-17(11-14)26-20(28)18(19(27)24-22(26)31)12-16-8-3-9-25(16)15-6-1-4-13(10-15)21(29)30/h1-12H,(H,29,30)(H,24,27,31)/b18-12+. The number of aromatic carboxylic acids is 1. The number of halogens is 1. The molecule has 3 aromatic rings. The maximum atomic E-state index is 13.0. The molecule has 0 spiro atoms. The predicted molar refractivity (Wildman–Crippen MR) is 113 cm³/mol. The average Bonchev–Trinajstić information content (AvgIpc) is 3.19. The fraction of sp³-hybridized carbons (Fsp3) is 0. The maximum absolute atomic E-state index is 13.0. The fourth-order valence-electron chi connectivity index (χ4n) is 3.19. The number of hydrogen-bond acceptors (Lipinski definition) is 4. The lowest BCUT2D eigenvalue weighted by Crippen LogP contribution is -2.54. The molecule has 1 aliphatic heterocycles. The summed E-state index contributed by atoms with van der Waals surface area (Å²) in [5, 5.41) is 11.7. The Morgan fingerprint density at radius 3 is 2.45 bits per heavy atom. The number of carbonyl (C=O) groups excluding carboxylic acids is 3. The lowest BCUT2D eigenvalue weighted by molar-refractivity contribution is -0.122. The number of anilines is 1. The van der Waals surface area contributed by atoms with Gasteiger partial charge < -0.3 is 9.67 Å². The normalized spacial score (nSPS) is 15.3. The first-order valence-corrected chi connectivity index (χ1v) is 9.41. The zero-order valence-corrected chi connectivity index (χ0v) is 16.5. The van der Waals surface area contributed by atoms with E-state index in [1.54, 1.807) is 47.2 Å². The van der Waals surface area contributed by atoms with Crippen molar-refractivity contribution in [1.29, 1.82) is 0 Å². The predicted octanol–water partition coefficient (Wildman–Crippen LogP) is 3.50. The molecule has 4 rings (SSSR count). The van der Waals surface area contributed by atoms with Gasteiger partial charge in [-0.05, 0) is 54.6 Å². The quantitative estimate of drug-likeness (QED) is 0.481. The van der Waals surface area contributed by atoms with Crippen LogP contribution in [0.2, 0.25) is 5.02 Å². The molecular weight excluding hydrogens is 422 g/mol. The van der Waals surface area contributed by atoms with Crippen molar-refractivity contribution in [2.24, 2.45) is 0 Å². The molecule has 4 amide bonds. The highest BCUT2D eigenvalue weighted by molar-refractivity contribution is 6.39. The Balaban J connectivity index is 1.75. The van der Waals surface area contributed by atoms with Crippen molar-refractivity contribution in [1.82, 2.24) is 9.88 Å². The number of rotatable bonds is 4. The highest BCUT2D eigenvalue weighted by atomic mass is 35.5. The first-order valence-electron chi connectivity index (χ1n) is 9.03. The number of nitrogens with zero attached hydrogens (tertiary/aromatic N) is 2. The summed E-state index contributed by atoms with van der Waals surface area (Å²) in [5.74, 6) is -2.71. The molecule has 2 aromatic carbocycles. The number of carbonyl (C=O) groups is 4. The second-order valence-corrected chi connectivity index (χ2v) is 7.03. The Morgan fingerprint density at radius 2 is 1.71 bits per heavy atom. The van der Waals surface area contributed by atoms with E-state index in [0.717, 1.165) is 4.90 Å². The molecule has 1 fully saturated rings. The van der Waals surface area contributed by atoms with E-state index in [2.05, 4.69) is 5.32 Å². The summed E-state index contributed by atoms with van der Waals surface area (Å²) >= 11 is 5.97. The third-order valence-corrected chi connectivity index (χ3v) is 4.85. The molecular formula is C22H14ClN3O5. The van der Waals surface area contributed by atoms with E-state index in [1.165, 1.54) is 30.3 Å². The number of urea groups is 1. The highest BCUT2D eigenvalue weighted by Crippen LogP contribution is 2.25. The summed E-state index contributed by atoms with van der Waals surface area (Å²) < 4.78 is 1.63. The van der Waals surface area contributed by atoms with Crippen LogP contribution in [0.25, 0.3) is 11.8 Å². The molecule has 8 nitrogen and oxygen atoms in total. The van der Waals surface area contributed by atoms with Gasteiger partial charge in [0.1, 0.15) is 5.57 Å². The SMILES string of the molecule is O=C1NC(=O)N(c2cccc(Cl)c2)C(=O)/C1=C/c1cccn1-c1cccc(C(=O)O)c1. The van der Waals surface area contributed by atoms with E-state index in [1.807, 2.05) is 0 Å². The Labute approximate surface area is 181 Å². The summed E-state index contributed by atoms with van der Waals surface area (Å²) in [7, 11) is 0. The topological polar surface area (TPSA) is 109 Å². The molecule has 0 saturated carbocycles. The number of carboxylic acids is 1. The number of carboxylic acid groups (broad SMARTS) is 1. The zero-order chi connectivity index (χ0) is 22.1. The molecule has 0 atom stereocenters. The smallest absolute Gasteiger partial charge is 0.335 e. The second-order valence-electron chi connectivity index (χ2n) is 6.60. The first-order chi connectivity index (χ1) is 14.8. The fourth-order valence-corrected chi connectivity index (χ4v) is 3.38. The third kappa shape index (κ3) is 3.84. The number of benzene rings is 2. The van der Waals surface area contributed by atoms with Crippen LogP contribution in [0.3, 0.4) is 0 Å². The van der Waals surface area contributed by atoms with Gasteiger partial charge in [-0.25, -0.2) is 14.5 Å². The molecule has 0 unspecified atom stereocenters. The van der Waals surface area contributed by atoms with Gasteiger partial charge in [0.05, 0.1) is 11.3 Å². The number of amides is 4. The van der Waals surface area contributed by atoms with Gasteiger partial charge in [-0.3, -0.25) is 14.9 Å². The molecule has 1 aromatic heterocycles. The molecule has 2 heterocycles. The van der Waals surface area contributed by atoms with Gasteiger partial charge in [0.2, 0.25) is 0 Å². The first kappa shape index (κ1) is 20.1. The van der Waals surface area contributed by atoms with E-state index in [9.17, 15) is 24.3 Å². The van der Waals surface area contributed by atoms with Crippen LogP contribution in [-0.2, 0) is 9.59 Å². The van der Waals surface area contributed by atoms with Crippen molar-refractivity contribution in [3.63, 3.8) is 0 Å². The molecule has 1 aliphatic rings. The Kier molecular flexibility index (Phi) is 5.14. The third-order valence-electron chi connectivity index (χ3n) is 4.61. The van der Waals surface area contributed by atoms with Crippen LogP contribution in [-0.4, -0.2) is 33.5 Å². The van der Waals surface area contributed by atoms with Crippen molar-refractivity contribution < 1.29 is 24.3 Å². The summed E-state index contributed by atoms with van der Waals surface area (Å²) in [6, 6.07) is 14.8. The molecule has 154 valence electrons. The van der Waals surface area contributed by atoms with E-state index in [0.29, 0.717) is 16.4 Å². The van der Waals surface area contributed by atoms with Gasteiger partial charge in [0, 0.05) is 22.6 Å². The van der Waals surface area contributed by atoms with Gasteiger partial charge in [-0.15, -0.1) is 0 Å². The Morgan fingerprint density at radius 1 is 0.968 bits per heavy atom. The van der Waals surface area contributed by atoms with Gasteiger partial charge in [0.25, 0.3) is 11.8 Å². The van der Waals surface area contributed by atoms with E-state index >= 15 is 0 Å². The van der Waals surface area contributed by atoms with Crippen molar-refractivity contribution >= 4 is 47.2 Å². The minimum absolute atomic E-state index is 0.0917. The number of imide groups is 2. The van der Waals surface area contributed by atoms with Crippen LogP contribution < -0.4 is 10.2 Å². The number of nitrogens with one attached hydrogen (secondary N) is 1. The largest absolute Gasteiger partial charge is 0.478 e. The Hall–Kier alpha value is -4.17. The van der Waals surface area contributed by atoms with Gasteiger partial charge in [0.15, 0.2) is 0 Å². The minimum Gasteiger partial charge on any atom is -0.478 e. The van der Waals surface area contributed by atoms with Crippen LogP contribution in [0.1, 0.15) is 16.1 Å². The molecule has 9 heteroatoms. The Bertz CT molecular complexity index is 1280. The van der Waals surface area contributed by atoms with Crippen molar-refractivity contribution in [3.05, 3.63) is 88.7 Å². The van der Waals surface area contributed by atoms with Crippen LogP contribution in [0.4, 0.5) is 10.5 Å². The van der Waals surface area contributed by atoms with E-state index in [4.69, 9.17) is 11.6 Å². The van der Waals surface area contributed by atoms with Crippen LogP contribution in [0.15, 0.2) is 72.4 Å². The van der Waals surface area contributed by atoms with Gasteiger partial charge >= 0.3 is 12.0 Å². The lowest BCUT2D eigenvalue weighted by atomic mass is 10.1. The average molecular weight is 436 g/mol. The van der Waals surface area contributed by atoms with Gasteiger partial charge in [-0.2, -0.15) is 0 Å². The zero-order valence-electron chi connectivity index (χ0n) is 15.8. The van der Waals surface area contributed by atoms with E-state index < -0.39 is 23.8 Å². The molecule has 0 radical (unpaired) electrons. The molecule has 1 saturated heterocycles. The second kappa shape index (κ2) is 7.92.